The summed E-state index contributed by atoms with van der Waals surface area (Å²) >= 11 is 0. The Kier molecular flexibility index (Phi) is 6.11. The van der Waals surface area contributed by atoms with Gasteiger partial charge >= 0.3 is 0 Å². The van der Waals surface area contributed by atoms with Gasteiger partial charge in [-0.1, -0.05) is 0 Å². The molecule has 0 spiro atoms. The van der Waals surface area contributed by atoms with Gasteiger partial charge in [-0.15, -0.1) is 0 Å². The van der Waals surface area contributed by atoms with Crippen molar-refractivity contribution in [2.24, 2.45) is 0 Å². The summed E-state index contributed by atoms with van der Waals surface area (Å²) in [7, 11) is 0. The lowest BCUT2D eigenvalue weighted by Crippen LogP contribution is -2.63. The molecule has 19 heavy (non-hydrogen) atoms. The van der Waals surface area contributed by atoms with Crippen molar-refractivity contribution in [3.8, 4) is 0 Å². The molecule has 0 aromatic heterocycles. The van der Waals surface area contributed by atoms with Crippen LogP contribution in [0.4, 0.5) is 0 Å². The van der Waals surface area contributed by atoms with Crippen LogP contribution in [-0.2, 0) is 14.3 Å². The second-order valence-corrected chi connectivity index (χ2v) is 4.61. The summed E-state index contributed by atoms with van der Waals surface area (Å²) in [6, 6.07) is -1.12. The van der Waals surface area contributed by atoms with E-state index in [0.717, 1.165) is 0 Å². The first-order chi connectivity index (χ1) is 8.82. The fraction of sp³-hybridized carbons (Fsp3) is 0.909. The molecule has 0 bridgehead atoms. The minimum Gasteiger partial charge on any atom is -0.393 e. The maximum atomic E-state index is 10.9. The number of nitrogens with one attached hydrogen (secondary N) is 1. The average Bonchev–Trinajstić information content (AvgIpc) is 2.30. The molecular weight excluding hydrogens is 258 g/mol. The molecule has 8 heteroatoms. The molecule has 0 aromatic carbocycles. The molecule has 0 radical (unpaired) electrons. The van der Waals surface area contributed by atoms with Crippen molar-refractivity contribution in [2.45, 2.75) is 57.2 Å². The van der Waals surface area contributed by atoms with E-state index in [-0.39, 0.29) is 6.61 Å². The number of ether oxygens (including phenoxy) is 2. The van der Waals surface area contributed by atoms with Gasteiger partial charge in [0.15, 0.2) is 12.6 Å². The van der Waals surface area contributed by atoms with Crippen LogP contribution in [0.1, 0.15) is 20.3 Å². The molecule has 6 atom stereocenters. The Balaban J connectivity index is 2.53. The van der Waals surface area contributed by atoms with Gasteiger partial charge in [-0.2, -0.15) is 0 Å². The van der Waals surface area contributed by atoms with Crippen LogP contribution in [0.2, 0.25) is 0 Å². The minimum atomic E-state index is -1.49. The van der Waals surface area contributed by atoms with Crippen LogP contribution in [0, 0.1) is 0 Å². The van der Waals surface area contributed by atoms with E-state index in [4.69, 9.17) is 14.6 Å². The van der Waals surface area contributed by atoms with Crippen LogP contribution < -0.4 is 5.32 Å². The lowest BCUT2D eigenvalue weighted by Gasteiger charge is -2.40. The molecule has 1 aliphatic rings. The van der Waals surface area contributed by atoms with Gasteiger partial charge in [-0.3, -0.25) is 4.79 Å². The Morgan fingerprint density at radius 2 is 2.00 bits per heavy atom. The summed E-state index contributed by atoms with van der Waals surface area (Å²) in [5, 5.41) is 40.6. The highest BCUT2D eigenvalue weighted by Crippen LogP contribution is 2.21. The van der Waals surface area contributed by atoms with Crippen molar-refractivity contribution in [1.82, 2.24) is 5.32 Å². The minimum absolute atomic E-state index is 0.101. The summed E-state index contributed by atoms with van der Waals surface area (Å²) in [5.41, 5.74) is 0. The maximum Gasteiger partial charge on any atom is 0.217 e. The van der Waals surface area contributed by atoms with Gasteiger partial charge in [0, 0.05) is 6.92 Å². The quantitative estimate of drug-likeness (QED) is 0.382. The Hall–Kier alpha value is -0.770. The Morgan fingerprint density at radius 1 is 1.37 bits per heavy atom. The lowest BCUT2D eigenvalue weighted by atomic mass is 10.0. The molecule has 8 nitrogen and oxygen atoms in total. The third-order valence-electron chi connectivity index (χ3n) is 2.77. The van der Waals surface area contributed by atoms with Crippen molar-refractivity contribution >= 4 is 5.91 Å². The van der Waals surface area contributed by atoms with Crippen LogP contribution in [0.5, 0.6) is 0 Å². The van der Waals surface area contributed by atoms with Crippen LogP contribution in [-0.4, -0.2) is 69.9 Å². The first-order valence-electron chi connectivity index (χ1n) is 6.09. The molecule has 6 unspecified atom stereocenters. The number of rotatable bonds is 5. The SMILES string of the molecule is CC(=O)NC1C(O)OC(OCCC(C)O)C(O)C1O. The molecule has 1 heterocycles. The van der Waals surface area contributed by atoms with E-state index in [9.17, 15) is 20.1 Å². The predicted octanol–water partition coefficient (Wildman–Crippen LogP) is -2.32. The molecule has 5 N–H and O–H groups in total. The van der Waals surface area contributed by atoms with Gasteiger partial charge in [-0.05, 0) is 13.3 Å². The zero-order valence-electron chi connectivity index (χ0n) is 10.9. The molecular formula is C11H21NO7. The predicted molar refractivity (Wildman–Crippen MR) is 62.7 cm³/mol. The summed E-state index contributed by atoms with van der Waals surface area (Å²) in [4.78, 5) is 10.9. The average molecular weight is 279 g/mol. The Morgan fingerprint density at radius 3 is 2.53 bits per heavy atom. The van der Waals surface area contributed by atoms with Crippen LogP contribution >= 0.6 is 0 Å². The summed E-state index contributed by atoms with van der Waals surface area (Å²) in [5.74, 6) is -0.465. The van der Waals surface area contributed by atoms with E-state index < -0.39 is 42.8 Å². The fourth-order valence-corrected chi connectivity index (χ4v) is 1.73. The van der Waals surface area contributed by atoms with E-state index in [1.807, 2.05) is 0 Å². The van der Waals surface area contributed by atoms with Crippen LogP contribution in [0.15, 0.2) is 0 Å². The Labute approximate surface area is 110 Å². The molecule has 1 aliphatic heterocycles. The van der Waals surface area contributed by atoms with Crippen molar-refractivity contribution < 1.29 is 34.7 Å². The number of aliphatic hydroxyl groups excluding tert-OH is 4. The standard InChI is InChI=1S/C11H21NO7/c1-5(13)3-4-18-11-9(16)8(15)7(10(17)19-11)12-6(2)14/h5,7-11,13,15-17H,3-4H2,1-2H3,(H,12,14). The van der Waals surface area contributed by atoms with Gasteiger partial charge in [0.05, 0.1) is 12.7 Å². The summed E-state index contributed by atoms with van der Waals surface area (Å²) in [6.45, 7) is 2.90. The number of carbonyl (C=O) groups is 1. The number of hydrogen-bond acceptors (Lipinski definition) is 7. The zero-order valence-corrected chi connectivity index (χ0v) is 10.9. The van der Waals surface area contributed by atoms with E-state index in [2.05, 4.69) is 5.32 Å². The lowest BCUT2D eigenvalue weighted by molar-refractivity contribution is -0.317. The molecule has 1 amide bonds. The highest BCUT2D eigenvalue weighted by molar-refractivity contribution is 5.73. The summed E-state index contributed by atoms with van der Waals surface area (Å²) < 4.78 is 10.1. The van der Waals surface area contributed by atoms with Gasteiger partial charge < -0.3 is 35.2 Å². The number of carbonyl (C=O) groups excluding carboxylic acids is 1. The third-order valence-corrected chi connectivity index (χ3v) is 2.77. The smallest absolute Gasteiger partial charge is 0.217 e. The van der Waals surface area contributed by atoms with Crippen molar-refractivity contribution in [1.29, 1.82) is 0 Å². The largest absolute Gasteiger partial charge is 0.393 e. The number of hydrogen-bond donors (Lipinski definition) is 5. The Bertz CT molecular complexity index is 299. The first-order valence-corrected chi connectivity index (χ1v) is 6.09. The molecule has 0 aromatic rings. The number of aliphatic hydroxyl groups is 4. The molecule has 0 aliphatic carbocycles. The maximum absolute atomic E-state index is 10.9. The molecule has 1 fully saturated rings. The first kappa shape index (κ1) is 16.3. The van der Waals surface area contributed by atoms with Crippen molar-refractivity contribution in [2.75, 3.05) is 6.61 Å². The second kappa shape index (κ2) is 7.13. The molecule has 1 saturated heterocycles. The monoisotopic (exact) mass is 279 g/mol. The summed E-state index contributed by atoms with van der Waals surface area (Å²) in [6.07, 6.45) is -5.76. The van der Waals surface area contributed by atoms with Gasteiger partial charge in [0.2, 0.25) is 5.91 Å². The molecule has 1 rings (SSSR count). The van der Waals surface area contributed by atoms with E-state index in [1.165, 1.54) is 6.92 Å². The molecule has 0 saturated carbocycles. The van der Waals surface area contributed by atoms with Crippen molar-refractivity contribution in [3.63, 3.8) is 0 Å². The number of amides is 1. The highest BCUT2D eigenvalue weighted by Gasteiger charge is 2.44. The second-order valence-electron chi connectivity index (χ2n) is 4.61. The normalized spacial score (nSPS) is 36.8. The van der Waals surface area contributed by atoms with Gasteiger partial charge in [-0.25, -0.2) is 0 Å². The molecule has 112 valence electrons. The van der Waals surface area contributed by atoms with Crippen LogP contribution in [0.3, 0.4) is 0 Å². The van der Waals surface area contributed by atoms with Gasteiger partial charge in [0.25, 0.3) is 0 Å². The van der Waals surface area contributed by atoms with Crippen LogP contribution in [0.25, 0.3) is 0 Å². The van der Waals surface area contributed by atoms with E-state index in [0.29, 0.717) is 6.42 Å². The van der Waals surface area contributed by atoms with E-state index >= 15 is 0 Å². The highest BCUT2D eigenvalue weighted by atomic mass is 16.7. The fourth-order valence-electron chi connectivity index (χ4n) is 1.73. The van der Waals surface area contributed by atoms with Gasteiger partial charge in [0.1, 0.15) is 18.2 Å². The zero-order chi connectivity index (χ0) is 14.6. The van der Waals surface area contributed by atoms with E-state index in [1.54, 1.807) is 6.92 Å². The third kappa shape index (κ3) is 4.68. The van der Waals surface area contributed by atoms with Crippen molar-refractivity contribution in [3.05, 3.63) is 0 Å². The topological polar surface area (TPSA) is 128 Å².